The average Bonchev–Trinajstić information content (AvgIpc) is 3.13. The van der Waals surface area contributed by atoms with Gasteiger partial charge in [0.25, 0.3) is 5.56 Å². The van der Waals surface area contributed by atoms with Crippen molar-refractivity contribution in [2.45, 2.75) is 32.6 Å². The number of hydrogen-bond acceptors (Lipinski definition) is 6. The van der Waals surface area contributed by atoms with Crippen LogP contribution in [-0.2, 0) is 12.8 Å². The Morgan fingerprint density at radius 1 is 1.06 bits per heavy atom. The smallest absolute Gasteiger partial charge is 0.324 e. The molecule has 3 aromatic rings. The summed E-state index contributed by atoms with van der Waals surface area (Å²) in [6.07, 6.45) is 3.47. The second kappa shape index (κ2) is 8.50. The average molecular weight is 424 g/mol. The van der Waals surface area contributed by atoms with E-state index in [1.807, 2.05) is 0 Å². The van der Waals surface area contributed by atoms with Crippen molar-refractivity contribution in [3.05, 3.63) is 51.6 Å². The molecule has 0 atom stereocenters. The first kappa shape index (κ1) is 20.5. The fourth-order valence-electron chi connectivity index (χ4n) is 3.60. The number of methoxy groups -OCH3 is 2. The summed E-state index contributed by atoms with van der Waals surface area (Å²) in [5.74, 6) is 1.75. The number of aromatic nitrogens is 4. The Kier molecular flexibility index (Phi) is 5.61. The van der Waals surface area contributed by atoms with E-state index in [9.17, 15) is 9.59 Å². The monoisotopic (exact) mass is 424 g/mol. The number of anilines is 2. The molecule has 1 aliphatic rings. The van der Waals surface area contributed by atoms with Crippen LogP contribution in [0.2, 0.25) is 0 Å². The molecule has 31 heavy (non-hydrogen) atoms. The number of fused-ring (bicyclic) bond motifs is 1. The fourth-order valence-corrected chi connectivity index (χ4v) is 3.60. The van der Waals surface area contributed by atoms with Crippen LogP contribution in [0.4, 0.5) is 16.3 Å². The lowest BCUT2D eigenvalue weighted by atomic mass is 9.97. The molecule has 0 aliphatic heterocycles. The van der Waals surface area contributed by atoms with E-state index in [1.165, 1.54) is 18.9 Å². The van der Waals surface area contributed by atoms with Gasteiger partial charge in [-0.2, -0.15) is 9.78 Å². The van der Waals surface area contributed by atoms with Crippen molar-refractivity contribution in [3.8, 4) is 17.4 Å². The predicted molar refractivity (Wildman–Crippen MR) is 116 cm³/mol. The zero-order valence-electron chi connectivity index (χ0n) is 17.6. The lowest BCUT2D eigenvalue weighted by Crippen LogP contribution is -2.25. The van der Waals surface area contributed by atoms with Crippen molar-refractivity contribution in [1.82, 2.24) is 19.7 Å². The van der Waals surface area contributed by atoms with Crippen molar-refractivity contribution in [2.24, 2.45) is 0 Å². The molecule has 0 saturated heterocycles. The molecule has 2 amide bonds. The summed E-state index contributed by atoms with van der Waals surface area (Å²) in [5, 5.41) is 9.89. The van der Waals surface area contributed by atoms with Gasteiger partial charge < -0.3 is 14.8 Å². The quantitative estimate of drug-likeness (QED) is 0.579. The molecule has 0 spiro atoms. The Balaban J connectivity index is 1.59. The Bertz CT molecular complexity index is 1160. The maximum absolute atomic E-state index is 12.6. The van der Waals surface area contributed by atoms with Crippen LogP contribution < -0.4 is 25.7 Å². The zero-order valence-corrected chi connectivity index (χ0v) is 17.6. The highest BCUT2D eigenvalue weighted by molar-refractivity contribution is 5.99. The molecule has 10 nitrogen and oxygen atoms in total. The Hall–Kier alpha value is -3.82. The number of hydrogen-bond donors (Lipinski definition) is 3. The van der Waals surface area contributed by atoms with Crippen LogP contribution in [0.15, 0.2) is 29.1 Å². The highest BCUT2D eigenvalue weighted by Gasteiger charge is 2.19. The summed E-state index contributed by atoms with van der Waals surface area (Å²) in [5.41, 5.74) is 2.53. The van der Waals surface area contributed by atoms with Gasteiger partial charge in [-0.3, -0.25) is 15.1 Å². The third-order valence-electron chi connectivity index (χ3n) is 5.06. The number of H-pyrrole nitrogens is 1. The first-order valence-corrected chi connectivity index (χ1v) is 9.97. The van der Waals surface area contributed by atoms with E-state index < -0.39 is 6.03 Å². The molecule has 162 valence electrons. The van der Waals surface area contributed by atoms with Crippen LogP contribution in [0.3, 0.4) is 0 Å². The van der Waals surface area contributed by atoms with Crippen molar-refractivity contribution in [2.75, 3.05) is 24.9 Å². The van der Waals surface area contributed by atoms with Gasteiger partial charge in [0.15, 0.2) is 0 Å². The zero-order chi connectivity index (χ0) is 22.0. The molecule has 0 bridgehead atoms. The molecule has 2 heterocycles. The molecule has 0 saturated carbocycles. The molecule has 0 unspecified atom stereocenters. The van der Waals surface area contributed by atoms with Crippen molar-refractivity contribution < 1.29 is 14.3 Å². The first-order valence-electron chi connectivity index (χ1n) is 9.97. The minimum absolute atomic E-state index is 0.160. The molecule has 10 heteroatoms. The number of ether oxygens (including phenoxy) is 2. The van der Waals surface area contributed by atoms with Crippen LogP contribution in [0.5, 0.6) is 11.5 Å². The summed E-state index contributed by atoms with van der Waals surface area (Å²) in [4.78, 5) is 32.5. The maximum Gasteiger partial charge on any atom is 0.324 e. The summed E-state index contributed by atoms with van der Waals surface area (Å²) < 4.78 is 11.9. The van der Waals surface area contributed by atoms with Gasteiger partial charge in [-0.15, -0.1) is 0 Å². The standard InChI is InChI=1S/C21H24N6O4/c1-12-8-18(24-21(29)22-13-9-14(30-2)11-15(10-13)31-3)27(26-12)20-23-17-7-5-4-6-16(17)19(28)25-20/h8-11H,4-7H2,1-3H3,(H2,22,24,29)(H,23,25,28). The molecule has 3 N–H and O–H groups in total. The molecule has 2 aromatic heterocycles. The second-order valence-corrected chi connectivity index (χ2v) is 7.29. The van der Waals surface area contributed by atoms with E-state index >= 15 is 0 Å². The summed E-state index contributed by atoms with van der Waals surface area (Å²) in [6, 6.07) is 6.27. The first-order chi connectivity index (χ1) is 15.0. The highest BCUT2D eigenvalue weighted by Crippen LogP contribution is 2.26. The number of nitrogens with zero attached hydrogens (tertiary/aromatic N) is 3. The summed E-state index contributed by atoms with van der Waals surface area (Å²) >= 11 is 0. The van der Waals surface area contributed by atoms with Crippen LogP contribution in [0.1, 0.15) is 29.8 Å². The fraction of sp³-hybridized carbons (Fsp3) is 0.333. The van der Waals surface area contributed by atoms with Gasteiger partial charge in [0.05, 0.1) is 25.6 Å². The molecule has 0 fully saturated rings. The number of carbonyl (C=O) groups is 1. The third kappa shape index (κ3) is 4.37. The third-order valence-corrected chi connectivity index (χ3v) is 5.06. The summed E-state index contributed by atoms with van der Waals surface area (Å²) in [6.45, 7) is 1.79. The van der Waals surface area contributed by atoms with Crippen LogP contribution in [-0.4, -0.2) is 40.0 Å². The molecule has 4 rings (SSSR count). The van der Waals surface area contributed by atoms with Gasteiger partial charge in [-0.25, -0.2) is 9.78 Å². The summed E-state index contributed by atoms with van der Waals surface area (Å²) in [7, 11) is 3.07. The Labute approximate surface area is 178 Å². The highest BCUT2D eigenvalue weighted by atomic mass is 16.5. The second-order valence-electron chi connectivity index (χ2n) is 7.29. The van der Waals surface area contributed by atoms with Gasteiger partial charge in [-0.1, -0.05) is 0 Å². The normalized spacial score (nSPS) is 12.7. The Morgan fingerprint density at radius 2 is 1.77 bits per heavy atom. The molecular weight excluding hydrogens is 400 g/mol. The van der Waals surface area contributed by atoms with Crippen molar-refractivity contribution in [3.63, 3.8) is 0 Å². The number of rotatable bonds is 5. The number of benzene rings is 1. The molecule has 1 aromatic carbocycles. The number of carbonyl (C=O) groups excluding carboxylic acids is 1. The van der Waals surface area contributed by atoms with E-state index in [1.54, 1.807) is 31.2 Å². The largest absolute Gasteiger partial charge is 0.497 e. The lowest BCUT2D eigenvalue weighted by molar-refractivity contribution is 0.262. The van der Waals surface area contributed by atoms with Crippen LogP contribution in [0, 0.1) is 6.92 Å². The van der Waals surface area contributed by atoms with Gasteiger partial charge in [0, 0.05) is 35.5 Å². The topological polar surface area (TPSA) is 123 Å². The van der Waals surface area contributed by atoms with Gasteiger partial charge in [0.1, 0.15) is 17.3 Å². The maximum atomic E-state index is 12.6. The SMILES string of the molecule is COc1cc(NC(=O)Nc2cc(C)nn2-c2nc3c(c(=O)[nH]2)CCCC3)cc(OC)c1. The van der Waals surface area contributed by atoms with Crippen LogP contribution in [0.25, 0.3) is 5.95 Å². The lowest BCUT2D eigenvalue weighted by Gasteiger charge is -2.15. The number of nitrogens with one attached hydrogen (secondary N) is 3. The van der Waals surface area contributed by atoms with Crippen LogP contribution >= 0.6 is 0 Å². The minimum Gasteiger partial charge on any atom is -0.497 e. The van der Waals surface area contributed by atoms with Gasteiger partial charge in [0.2, 0.25) is 5.95 Å². The molecule has 0 radical (unpaired) electrons. The van der Waals surface area contributed by atoms with E-state index in [0.29, 0.717) is 28.7 Å². The van der Waals surface area contributed by atoms with Crippen molar-refractivity contribution in [1.29, 1.82) is 0 Å². The van der Waals surface area contributed by atoms with E-state index in [-0.39, 0.29) is 11.5 Å². The van der Waals surface area contributed by atoms with Crippen molar-refractivity contribution >= 4 is 17.5 Å². The van der Waals surface area contributed by atoms with E-state index in [2.05, 4.69) is 25.7 Å². The van der Waals surface area contributed by atoms with E-state index in [4.69, 9.17) is 9.47 Å². The predicted octanol–water partition coefficient (Wildman–Crippen LogP) is 2.80. The number of aryl methyl sites for hydroxylation is 2. The Morgan fingerprint density at radius 3 is 2.48 bits per heavy atom. The van der Waals surface area contributed by atoms with Gasteiger partial charge in [-0.05, 0) is 32.6 Å². The number of aromatic amines is 1. The van der Waals surface area contributed by atoms with Gasteiger partial charge >= 0.3 is 6.03 Å². The molecular formula is C21H24N6O4. The number of amides is 2. The van der Waals surface area contributed by atoms with E-state index in [0.717, 1.165) is 36.9 Å². The molecule has 1 aliphatic carbocycles. The number of urea groups is 1. The minimum atomic E-state index is -0.489.